The number of amides is 1. The maximum atomic E-state index is 12.5. The molecule has 1 amide bonds. The average Bonchev–Trinajstić information content (AvgIpc) is 3.32. The molecule has 2 aliphatic heterocycles. The molecule has 164 valence electrons. The van der Waals surface area contributed by atoms with Crippen LogP contribution >= 0.6 is 0 Å². The van der Waals surface area contributed by atoms with Gasteiger partial charge in [0, 0.05) is 50.6 Å². The van der Waals surface area contributed by atoms with Crippen LogP contribution in [0.5, 0.6) is 0 Å². The summed E-state index contributed by atoms with van der Waals surface area (Å²) >= 11 is 0. The number of carbonyl (C=O) groups excluding carboxylic acids is 1. The van der Waals surface area contributed by atoms with Gasteiger partial charge in [0.15, 0.2) is 5.82 Å². The lowest BCUT2D eigenvalue weighted by atomic mass is 10.1. The van der Waals surface area contributed by atoms with Gasteiger partial charge in [-0.1, -0.05) is 12.8 Å². The first kappa shape index (κ1) is 20.1. The van der Waals surface area contributed by atoms with Gasteiger partial charge in [-0.2, -0.15) is 4.98 Å². The van der Waals surface area contributed by atoms with Crippen LogP contribution in [0.4, 0.5) is 28.8 Å². The van der Waals surface area contributed by atoms with Gasteiger partial charge in [-0.25, -0.2) is 4.98 Å². The van der Waals surface area contributed by atoms with E-state index in [1.54, 1.807) is 18.1 Å². The van der Waals surface area contributed by atoms with Crippen molar-refractivity contribution in [3.63, 3.8) is 0 Å². The first-order chi connectivity index (χ1) is 15.1. The number of fused-ring (bicyclic) bond motifs is 1. The number of nitrogens with one attached hydrogen (secondary N) is 1. The van der Waals surface area contributed by atoms with Crippen LogP contribution in [0.3, 0.4) is 0 Å². The molecule has 0 atom stereocenters. The van der Waals surface area contributed by atoms with Crippen molar-refractivity contribution in [2.24, 2.45) is 0 Å². The Kier molecular flexibility index (Phi) is 5.40. The van der Waals surface area contributed by atoms with Crippen molar-refractivity contribution >= 4 is 34.7 Å². The van der Waals surface area contributed by atoms with Crippen LogP contribution in [0.15, 0.2) is 30.5 Å². The monoisotopic (exact) mass is 421 g/mol. The molecule has 0 unspecified atom stereocenters. The first-order valence-electron chi connectivity index (χ1n) is 11.3. The highest BCUT2D eigenvalue weighted by atomic mass is 16.2. The summed E-state index contributed by atoms with van der Waals surface area (Å²) in [7, 11) is 3.98. The molecule has 8 nitrogen and oxygen atoms in total. The van der Waals surface area contributed by atoms with E-state index in [1.807, 2.05) is 0 Å². The summed E-state index contributed by atoms with van der Waals surface area (Å²) in [6, 6.07) is 8.87. The highest BCUT2D eigenvalue weighted by Gasteiger charge is 2.34. The van der Waals surface area contributed by atoms with Crippen LogP contribution in [-0.2, 0) is 4.79 Å². The number of hydrogen-bond acceptors (Lipinski definition) is 7. The predicted molar refractivity (Wildman–Crippen MR) is 124 cm³/mol. The third kappa shape index (κ3) is 4.04. The van der Waals surface area contributed by atoms with E-state index >= 15 is 0 Å². The van der Waals surface area contributed by atoms with E-state index in [-0.39, 0.29) is 5.91 Å². The van der Waals surface area contributed by atoms with E-state index in [1.165, 1.54) is 18.5 Å². The molecule has 1 N–H and O–H groups in total. The number of piperazine rings is 1. The quantitative estimate of drug-likeness (QED) is 0.814. The Hall–Kier alpha value is -2.87. The van der Waals surface area contributed by atoms with E-state index < -0.39 is 0 Å². The van der Waals surface area contributed by atoms with E-state index in [2.05, 4.69) is 56.3 Å². The number of carbonyl (C=O) groups is 1. The van der Waals surface area contributed by atoms with E-state index in [0.717, 1.165) is 56.2 Å². The number of likely N-dealkylation sites (N-methyl/N-ethyl adjacent to an activating group) is 2. The van der Waals surface area contributed by atoms with Crippen molar-refractivity contribution in [1.29, 1.82) is 0 Å². The number of rotatable bonds is 4. The molecule has 1 aliphatic carbocycles. The second kappa shape index (κ2) is 8.34. The molecule has 0 spiro atoms. The molecular weight excluding hydrogens is 390 g/mol. The Balaban J connectivity index is 1.34. The number of nitrogens with zero attached hydrogens (tertiary/aromatic N) is 6. The molecule has 1 saturated heterocycles. The molecular formula is C23H31N7O. The van der Waals surface area contributed by atoms with Crippen molar-refractivity contribution in [2.75, 3.05) is 66.8 Å². The van der Waals surface area contributed by atoms with Crippen LogP contribution in [0.1, 0.15) is 25.7 Å². The maximum absolute atomic E-state index is 12.5. The van der Waals surface area contributed by atoms with Crippen LogP contribution in [0, 0.1) is 0 Å². The summed E-state index contributed by atoms with van der Waals surface area (Å²) in [6.07, 6.45) is 6.45. The van der Waals surface area contributed by atoms with Crippen molar-refractivity contribution in [3.8, 4) is 0 Å². The van der Waals surface area contributed by atoms with Crippen molar-refractivity contribution in [3.05, 3.63) is 30.5 Å². The van der Waals surface area contributed by atoms with Gasteiger partial charge in [0.05, 0.1) is 12.7 Å². The Morgan fingerprint density at radius 2 is 1.71 bits per heavy atom. The zero-order valence-electron chi connectivity index (χ0n) is 18.4. The normalized spacial score (nSPS) is 20.3. The van der Waals surface area contributed by atoms with Gasteiger partial charge < -0.3 is 24.9 Å². The average molecular weight is 422 g/mol. The van der Waals surface area contributed by atoms with Gasteiger partial charge in [-0.05, 0) is 44.2 Å². The Morgan fingerprint density at radius 3 is 2.42 bits per heavy atom. The fraction of sp³-hybridized carbons (Fsp3) is 0.522. The summed E-state index contributed by atoms with van der Waals surface area (Å²) in [5.41, 5.74) is 3.00. The fourth-order valence-electron chi connectivity index (χ4n) is 4.80. The Morgan fingerprint density at radius 1 is 1.00 bits per heavy atom. The van der Waals surface area contributed by atoms with Crippen LogP contribution in [-0.4, -0.2) is 73.6 Å². The molecule has 0 bridgehead atoms. The summed E-state index contributed by atoms with van der Waals surface area (Å²) in [6.45, 7) is 4.69. The molecule has 3 aliphatic rings. The molecule has 2 fully saturated rings. The number of benzene rings is 1. The molecule has 3 heterocycles. The molecule has 31 heavy (non-hydrogen) atoms. The summed E-state index contributed by atoms with van der Waals surface area (Å²) in [4.78, 5) is 30.5. The third-order valence-electron chi connectivity index (χ3n) is 6.82. The zero-order chi connectivity index (χ0) is 21.4. The lowest BCUT2D eigenvalue weighted by Gasteiger charge is -2.37. The van der Waals surface area contributed by atoms with E-state index in [4.69, 9.17) is 4.98 Å². The SMILES string of the molecule is CN1CCN(c2ccc(Nc3ncc4c(n3)N(C3CCCC3)CC(=O)N4C)cc2)CC1. The molecule has 1 aromatic heterocycles. The minimum absolute atomic E-state index is 0.100. The summed E-state index contributed by atoms with van der Waals surface area (Å²) in [5.74, 6) is 1.53. The van der Waals surface area contributed by atoms with Gasteiger partial charge in [-0.15, -0.1) is 0 Å². The van der Waals surface area contributed by atoms with Crippen LogP contribution < -0.4 is 20.0 Å². The van der Waals surface area contributed by atoms with Gasteiger partial charge in [-0.3, -0.25) is 4.79 Å². The van der Waals surface area contributed by atoms with E-state index in [9.17, 15) is 4.79 Å². The summed E-state index contributed by atoms with van der Waals surface area (Å²) < 4.78 is 0. The lowest BCUT2D eigenvalue weighted by molar-refractivity contribution is -0.117. The molecule has 1 saturated carbocycles. The van der Waals surface area contributed by atoms with Crippen LogP contribution in [0.25, 0.3) is 0 Å². The van der Waals surface area contributed by atoms with Gasteiger partial charge in [0.2, 0.25) is 11.9 Å². The molecule has 8 heteroatoms. The second-order valence-electron chi connectivity index (χ2n) is 8.88. The Labute approximate surface area is 183 Å². The third-order valence-corrected chi connectivity index (χ3v) is 6.82. The topological polar surface area (TPSA) is 67.8 Å². The van der Waals surface area contributed by atoms with Crippen molar-refractivity contribution in [2.45, 2.75) is 31.7 Å². The molecule has 0 radical (unpaired) electrons. The van der Waals surface area contributed by atoms with Gasteiger partial charge in [0.1, 0.15) is 5.69 Å². The highest BCUT2D eigenvalue weighted by molar-refractivity contribution is 6.02. The number of hydrogen-bond donors (Lipinski definition) is 1. The Bertz CT molecular complexity index is 933. The lowest BCUT2D eigenvalue weighted by Crippen LogP contribution is -2.48. The van der Waals surface area contributed by atoms with Gasteiger partial charge in [0.25, 0.3) is 0 Å². The summed E-state index contributed by atoms with van der Waals surface area (Å²) in [5, 5.41) is 3.35. The fourth-order valence-corrected chi connectivity index (χ4v) is 4.80. The smallest absolute Gasteiger partial charge is 0.246 e. The first-order valence-corrected chi connectivity index (χ1v) is 11.3. The number of anilines is 5. The predicted octanol–water partition coefficient (Wildman–Crippen LogP) is 2.70. The van der Waals surface area contributed by atoms with E-state index in [0.29, 0.717) is 18.5 Å². The molecule has 5 rings (SSSR count). The van der Waals surface area contributed by atoms with Gasteiger partial charge >= 0.3 is 0 Å². The zero-order valence-corrected chi connectivity index (χ0v) is 18.4. The number of aromatic nitrogens is 2. The minimum Gasteiger partial charge on any atom is -0.369 e. The van der Waals surface area contributed by atoms with Crippen molar-refractivity contribution < 1.29 is 4.79 Å². The molecule has 1 aromatic carbocycles. The highest BCUT2D eigenvalue weighted by Crippen LogP contribution is 2.36. The second-order valence-corrected chi connectivity index (χ2v) is 8.88. The maximum Gasteiger partial charge on any atom is 0.246 e. The largest absolute Gasteiger partial charge is 0.369 e. The molecule has 2 aromatic rings. The van der Waals surface area contributed by atoms with Crippen molar-refractivity contribution in [1.82, 2.24) is 14.9 Å². The van der Waals surface area contributed by atoms with Crippen LogP contribution in [0.2, 0.25) is 0 Å². The minimum atomic E-state index is 0.100. The standard InChI is InChI=1S/C23H31N7O/c1-27-11-13-29(14-12-27)18-9-7-17(8-10-18)25-23-24-15-20-22(26-23)30(16-21(31)28(20)2)19-5-3-4-6-19/h7-10,15,19H,3-6,11-14,16H2,1-2H3,(H,24,25,26).